The van der Waals surface area contributed by atoms with Crippen LogP contribution in [0.2, 0.25) is 0 Å². The molecule has 2 heteroatoms. The van der Waals surface area contributed by atoms with Crippen LogP contribution in [-0.2, 0) is 6.42 Å². The fourth-order valence-corrected chi connectivity index (χ4v) is 3.39. The summed E-state index contributed by atoms with van der Waals surface area (Å²) in [6.45, 7) is 10.3. The summed E-state index contributed by atoms with van der Waals surface area (Å²) in [6.07, 6.45) is 5.01. The summed E-state index contributed by atoms with van der Waals surface area (Å²) in [4.78, 5) is 2.56. The molecular formula is C18H30N2. The summed E-state index contributed by atoms with van der Waals surface area (Å²) in [6, 6.07) is 8.97. The van der Waals surface area contributed by atoms with Crippen LogP contribution in [0.4, 0.5) is 0 Å². The number of nitrogens with zero attached hydrogens (tertiary/aromatic N) is 1. The van der Waals surface area contributed by atoms with Crippen molar-refractivity contribution in [1.82, 2.24) is 4.90 Å². The lowest BCUT2D eigenvalue weighted by Crippen LogP contribution is -2.32. The average Bonchev–Trinajstić information content (AvgIpc) is 2.91. The first-order chi connectivity index (χ1) is 9.62. The van der Waals surface area contributed by atoms with Crippen LogP contribution in [-0.4, -0.2) is 24.5 Å². The highest BCUT2D eigenvalue weighted by Gasteiger charge is 2.35. The fraction of sp³-hybridized carbons (Fsp3) is 0.667. The first-order valence-corrected chi connectivity index (χ1v) is 8.19. The minimum Gasteiger partial charge on any atom is -0.323 e. The molecule has 112 valence electrons. The molecule has 1 unspecified atom stereocenters. The average molecular weight is 274 g/mol. The maximum Gasteiger partial charge on any atom is 0.0424 e. The molecule has 1 fully saturated rings. The minimum atomic E-state index is 0.144. The maximum atomic E-state index is 6.40. The van der Waals surface area contributed by atoms with Crippen LogP contribution in [0.5, 0.6) is 0 Å². The van der Waals surface area contributed by atoms with Gasteiger partial charge in [0.25, 0.3) is 0 Å². The Morgan fingerprint density at radius 3 is 2.30 bits per heavy atom. The van der Waals surface area contributed by atoms with E-state index in [1.807, 2.05) is 0 Å². The van der Waals surface area contributed by atoms with E-state index in [1.165, 1.54) is 43.5 Å². The van der Waals surface area contributed by atoms with E-state index in [9.17, 15) is 0 Å². The lowest BCUT2D eigenvalue weighted by atomic mass is 9.82. The molecule has 0 radical (unpaired) electrons. The van der Waals surface area contributed by atoms with Crippen molar-refractivity contribution in [3.05, 3.63) is 35.4 Å². The van der Waals surface area contributed by atoms with E-state index < -0.39 is 0 Å². The normalized spacial score (nSPS) is 20.2. The van der Waals surface area contributed by atoms with Gasteiger partial charge >= 0.3 is 0 Å². The van der Waals surface area contributed by atoms with E-state index in [2.05, 4.69) is 49.9 Å². The van der Waals surface area contributed by atoms with E-state index in [0.717, 1.165) is 13.0 Å². The molecule has 2 nitrogen and oxygen atoms in total. The molecule has 1 saturated heterocycles. The molecule has 1 aromatic carbocycles. The van der Waals surface area contributed by atoms with Gasteiger partial charge in [0.05, 0.1) is 0 Å². The molecule has 1 atom stereocenters. The summed E-state index contributed by atoms with van der Waals surface area (Å²) in [5.41, 5.74) is 9.60. The fourth-order valence-electron chi connectivity index (χ4n) is 3.39. The summed E-state index contributed by atoms with van der Waals surface area (Å²) in [7, 11) is 0. The Morgan fingerprint density at radius 1 is 1.15 bits per heavy atom. The second kappa shape index (κ2) is 6.73. The van der Waals surface area contributed by atoms with E-state index in [0.29, 0.717) is 5.41 Å². The third kappa shape index (κ3) is 3.42. The van der Waals surface area contributed by atoms with Gasteiger partial charge in [-0.1, -0.05) is 45.0 Å². The topological polar surface area (TPSA) is 29.3 Å². The van der Waals surface area contributed by atoms with Gasteiger partial charge in [-0.15, -0.1) is 0 Å². The van der Waals surface area contributed by atoms with Gasteiger partial charge in [0.1, 0.15) is 0 Å². The summed E-state index contributed by atoms with van der Waals surface area (Å²) in [5, 5.41) is 0. The van der Waals surface area contributed by atoms with Crippen molar-refractivity contribution < 1.29 is 0 Å². The molecule has 0 saturated carbocycles. The third-order valence-corrected chi connectivity index (χ3v) is 5.29. The highest BCUT2D eigenvalue weighted by atomic mass is 15.2. The second-order valence-electron chi connectivity index (χ2n) is 6.39. The van der Waals surface area contributed by atoms with E-state index in [4.69, 9.17) is 5.73 Å². The van der Waals surface area contributed by atoms with Gasteiger partial charge in [-0.25, -0.2) is 0 Å². The standard InChI is InChI=1S/C18H30N2/c1-4-15-7-9-16(10-8-15)17(19)13-20-12-11-18(5-2,6-3)14-20/h7-10,17H,4-6,11-14,19H2,1-3H3. The van der Waals surface area contributed by atoms with Crippen molar-refractivity contribution in [1.29, 1.82) is 0 Å². The molecule has 0 amide bonds. The quantitative estimate of drug-likeness (QED) is 0.856. The molecule has 1 aliphatic rings. The van der Waals surface area contributed by atoms with Crippen molar-refractivity contribution in [2.45, 2.75) is 52.5 Å². The zero-order chi connectivity index (χ0) is 14.6. The predicted octanol–water partition coefficient (Wildman–Crippen LogP) is 3.76. The Bertz CT molecular complexity index is 406. The molecule has 2 rings (SSSR count). The highest BCUT2D eigenvalue weighted by Crippen LogP contribution is 2.37. The van der Waals surface area contributed by atoms with Crippen LogP contribution >= 0.6 is 0 Å². The zero-order valence-electron chi connectivity index (χ0n) is 13.4. The highest BCUT2D eigenvalue weighted by molar-refractivity contribution is 5.25. The van der Waals surface area contributed by atoms with Crippen LogP contribution < -0.4 is 5.73 Å². The maximum absolute atomic E-state index is 6.40. The number of likely N-dealkylation sites (tertiary alicyclic amines) is 1. The van der Waals surface area contributed by atoms with Gasteiger partial charge in [0, 0.05) is 19.1 Å². The lowest BCUT2D eigenvalue weighted by molar-refractivity contribution is 0.233. The lowest BCUT2D eigenvalue weighted by Gasteiger charge is -2.27. The SMILES string of the molecule is CCc1ccc(C(N)CN2CCC(CC)(CC)C2)cc1. The zero-order valence-corrected chi connectivity index (χ0v) is 13.4. The third-order valence-electron chi connectivity index (χ3n) is 5.29. The predicted molar refractivity (Wildman–Crippen MR) is 86.8 cm³/mol. The van der Waals surface area contributed by atoms with Gasteiger partial charge < -0.3 is 10.6 Å². The number of rotatable bonds is 6. The van der Waals surface area contributed by atoms with Crippen molar-refractivity contribution in [3.8, 4) is 0 Å². The molecular weight excluding hydrogens is 244 g/mol. The molecule has 2 N–H and O–H groups in total. The minimum absolute atomic E-state index is 0.144. The number of aryl methyl sites for hydroxylation is 1. The second-order valence-corrected chi connectivity index (χ2v) is 6.39. The molecule has 0 spiro atoms. The molecule has 1 aromatic rings. The van der Waals surface area contributed by atoms with E-state index >= 15 is 0 Å². The summed E-state index contributed by atoms with van der Waals surface area (Å²) in [5.74, 6) is 0. The van der Waals surface area contributed by atoms with Crippen molar-refractivity contribution in [2.24, 2.45) is 11.1 Å². The molecule has 1 heterocycles. The number of hydrogen-bond acceptors (Lipinski definition) is 2. The summed E-state index contributed by atoms with van der Waals surface area (Å²) >= 11 is 0. The first kappa shape index (κ1) is 15.5. The van der Waals surface area contributed by atoms with Gasteiger partial charge in [0.15, 0.2) is 0 Å². The van der Waals surface area contributed by atoms with Gasteiger partial charge in [-0.2, -0.15) is 0 Å². The monoisotopic (exact) mass is 274 g/mol. The van der Waals surface area contributed by atoms with Crippen LogP contribution in [0.1, 0.15) is 57.2 Å². The molecule has 1 aliphatic heterocycles. The van der Waals surface area contributed by atoms with Crippen molar-refractivity contribution >= 4 is 0 Å². The Hall–Kier alpha value is -0.860. The molecule has 20 heavy (non-hydrogen) atoms. The Kier molecular flexibility index (Phi) is 5.22. The van der Waals surface area contributed by atoms with Crippen LogP contribution in [0.25, 0.3) is 0 Å². The number of benzene rings is 1. The first-order valence-electron chi connectivity index (χ1n) is 8.19. The van der Waals surface area contributed by atoms with E-state index in [-0.39, 0.29) is 6.04 Å². The Balaban J connectivity index is 1.93. The van der Waals surface area contributed by atoms with Gasteiger partial charge in [0.2, 0.25) is 0 Å². The van der Waals surface area contributed by atoms with Crippen LogP contribution in [0.15, 0.2) is 24.3 Å². The molecule has 0 aliphatic carbocycles. The largest absolute Gasteiger partial charge is 0.323 e. The van der Waals surface area contributed by atoms with Crippen LogP contribution in [0.3, 0.4) is 0 Å². The number of hydrogen-bond donors (Lipinski definition) is 1. The van der Waals surface area contributed by atoms with Crippen molar-refractivity contribution in [3.63, 3.8) is 0 Å². The Morgan fingerprint density at radius 2 is 1.80 bits per heavy atom. The Labute approximate surface area is 124 Å². The molecule has 0 aromatic heterocycles. The smallest absolute Gasteiger partial charge is 0.0424 e. The summed E-state index contributed by atoms with van der Waals surface area (Å²) < 4.78 is 0. The van der Waals surface area contributed by atoms with Gasteiger partial charge in [-0.3, -0.25) is 0 Å². The van der Waals surface area contributed by atoms with Gasteiger partial charge in [-0.05, 0) is 48.8 Å². The van der Waals surface area contributed by atoms with Crippen LogP contribution in [0, 0.1) is 5.41 Å². The van der Waals surface area contributed by atoms with E-state index in [1.54, 1.807) is 0 Å². The number of nitrogens with two attached hydrogens (primary N) is 1. The molecule has 0 bridgehead atoms. The van der Waals surface area contributed by atoms with Crippen molar-refractivity contribution in [2.75, 3.05) is 19.6 Å².